The number of hydrogen-bond donors (Lipinski definition) is 1. The molecule has 0 atom stereocenters. The monoisotopic (exact) mass is 317 g/mol. The van der Waals surface area contributed by atoms with Crippen LogP contribution in [-0.4, -0.2) is 25.0 Å². The van der Waals surface area contributed by atoms with Crippen molar-refractivity contribution >= 4 is 11.9 Å². The van der Waals surface area contributed by atoms with E-state index in [-0.39, 0.29) is 23.8 Å². The van der Waals surface area contributed by atoms with Gasteiger partial charge in [-0.25, -0.2) is 0 Å². The summed E-state index contributed by atoms with van der Waals surface area (Å²) >= 11 is 0. The number of ether oxygens (including phenoxy) is 2. The van der Waals surface area contributed by atoms with Crippen LogP contribution in [0.15, 0.2) is 18.2 Å². The number of benzene rings is 1. The number of rotatable bonds is 8. The van der Waals surface area contributed by atoms with E-state index >= 15 is 0 Å². The number of hydrogen-bond acceptors (Lipinski definition) is 5. The lowest BCUT2D eigenvalue weighted by Gasteiger charge is -2.12. The topological polar surface area (TPSA) is 64.6 Å². The number of esters is 2. The SMILES string of the molecule is CCNCCc1ccc(OC(=O)C2CC2)c(OC(=O)C2CC2)c1. The maximum Gasteiger partial charge on any atom is 0.314 e. The van der Waals surface area contributed by atoms with E-state index in [4.69, 9.17) is 9.47 Å². The number of carbonyl (C=O) groups is 2. The largest absolute Gasteiger partial charge is 0.422 e. The third kappa shape index (κ3) is 4.55. The van der Waals surface area contributed by atoms with Crippen LogP contribution in [0.4, 0.5) is 0 Å². The molecule has 1 aromatic carbocycles. The van der Waals surface area contributed by atoms with Crippen LogP contribution in [0.3, 0.4) is 0 Å². The lowest BCUT2D eigenvalue weighted by Crippen LogP contribution is -2.17. The molecule has 5 heteroatoms. The van der Waals surface area contributed by atoms with Crippen molar-refractivity contribution in [3.63, 3.8) is 0 Å². The summed E-state index contributed by atoms with van der Waals surface area (Å²) in [6.45, 7) is 3.83. The fraction of sp³-hybridized carbons (Fsp3) is 0.556. The minimum absolute atomic E-state index is 0.00685. The van der Waals surface area contributed by atoms with Gasteiger partial charge < -0.3 is 14.8 Å². The van der Waals surface area contributed by atoms with Gasteiger partial charge in [0.1, 0.15) is 0 Å². The third-order valence-corrected chi connectivity index (χ3v) is 4.09. The highest BCUT2D eigenvalue weighted by atomic mass is 16.6. The van der Waals surface area contributed by atoms with Crippen molar-refractivity contribution in [1.82, 2.24) is 5.32 Å². The fourth-order valence-electron chi connectivity index (χ4n) is 2.30. The molecule has 0 heterocycles. The van der Waals surface area contributed by atoms with E-state index in [1.54, 1.807) is 6.07 Å². The average Bonchev–Trinajstić information content (AvgIpc) is 3.41. The lowest BCUT2D eigenvalue weighted by molar-refractivity contribution is -0.138. The highest BCUT2D eigenvalue weighted by Crippen LogP contribution is 2.36. The van der Waals surface area contributed by atoms with E-state index in [0.717, 1.165) is 50.8 Å². The van der Waals surface area contributed by atoms with Crippen LogP contribution in [0.25, 0.3) is 0 Å². The zero-order chi connectivity index (χ0) is 16.2. The standard InChI is InChI=1S/C18H23NO4/c1-2-19-10-9-12-3-8-15(22-17(20)13-4-5-13)16(11-12)23-18(21)14-6-7-14/h3,8,11,13-14,19H,2,4-7,9-10H2,1H3. The van der Waals surface area contributed by atoms with Crippen LogP contribution in [0.1, 0.15) is 38.2 Å². The summed E-state index contributed by atoms with van der Waals surface area (Å²) in [7, 11) is 0. The molecule has 1 aromatic rings. The van der Waals surface area contributed by atoms with E-state index in [2.05, 4.69) is 12.2 Å². The van der Waals surface area contributed by atoms with E-state index in [1.807, 2.05) is 12.1 Å². The molecule has 1 N–H and O–H groups in total. The van der Waals surface area contributed by atoms with Gasteiger partial charge in [0.2, 0.25) is 0 Å². The highest BCUT2D eigenvalue weighted by Gasteiger charge is 2.34. The van der Waals surface area contributed by atoms with Crippen LogP contribution in [0.2, 0.25) is 0 Å². The highest BCUT2D eigenvalue weighted by molar-refractivity contribution is 5.80. The van der Waals surface area contributed by atoms with E-state index in [9.17, 15) is 9.59 Å². The quantitative estimate of drug-likeness (QED) is 0.453. The first-order valence-corrected chi connectivity index (χ1v) is 8.44. The molecule has 5 nitrogen and oxygen atoms in total. The second kappa shape index (κ2) is 7.13. The van der Waals surface area contributed by atoms with Crippen molar-refractivity contribution in [2.75, 3.05) is 13.1 Å². The van der Waals surface area contributed by atoms with Crippen molar-refractivity contribution in [3.05, 3.63) is 23.8 Å². The van der Waals surface area contributed by atoms with Crippen molar-refractivity contribution in [3.8, 4) is 11.5 Å². The molecule has 0 bridgehead atoms. The first kappa shape index (κ1) is 16.0. The zero-order valence-corrected chi connectivity index (χ0v) is 13.5. The van der Waals surface area contributed by atoms with Crippen molar-refractivity contribution in [2.45, 2.75) is 39.0 Å². The summed E-state index contributed by atoms with van der Waals surface area (Å²) in [6.07, 6.45) is 4.37. The summed E-state index contributed by atoms with van der Waals surface area (Å²) in [5.74, 6) is 0.280. The van der Waals surface area contributed by atoms with Gasteiger partial charge in [-0.15, -0.1) is 0 Å². The molecular formula is C18H23NO4. The van der Waals surface area contributed by atoms with Crippen LogP contribution in [0, 0.1) is 11.8 Å². The molecule has 2 aliphatic rings. The molecule has 2 fully saturated rings. The summed E-state index contributed by atoms with van der Waals surface area (Å²) in [5, 5.41) is 3.26. The van der Waals surface area contributed by atoms with Gasteiger partial charge in [-0.1, -0.05) is 13.0 Å². The predicted octanol–water partition coefficient (Wildman–Crippen LogP) is 2.47. The van der Waals surface area contributed by atoms with Crippen LogP contribution < -0.4 is 14.8 Å². The summed E-state index contributed by atoms with van der Waals surface area (Å²) in [4.78, 5) is 23.8. The third-order valence-electron chi connectivity index (χ3n) is 4.09. The van der Waals surface area contributed by atoms with Crippen LogP contribution in [-0.2, 0) is 16.0 Å². The van der Waals surface area contributed by atoms with Gasteiger partial charge in [-0.05, 0) is 62.9 Å². The van der Waals surface area contributed by atoms with E-state index in [0.29, 0.717) is 11.5 Å². The fourth-order valence-corrected chi connectivity index (χ4v) is 2.30. The van der Waals surface area contributed by atoms with E-state index < -0.39 is 0 Å². The van der Waals surface area contributed by atoms with Crippen molar-refractivity contribution in [2.24, 2.45) is 11.8 Å². The molecule has 0 radical (unpaired) electrons. The van der Waals surface area contributed by atoms with Crippen molar-refractivity contribution < 1.29 is 19.1 Å². The average molecular weight is 317 g/mol. The normalized spacial score (nSPS) is 16.9. The number of carbonyl (C=O) groups excluding carboxylic acids is 2. The molecule has 0 amide bonds. The number of nitrogens with one attached hydrogen (secondary N) is 1. The Labute approximate surface area is 136 Å². The Kier molecular flexibility index (Phi) is 4.96. The summed E-state index contributed by atoms with van der Waals surface area (Å²) < 4.78 is 10.9. The minimum atomic E-state index is -0.228. The second-order valence-corrected chi connectivity index (χ2v) is 6.28. The molecule has 2 saturated carbocycles. The predicted molar refractivity (Wildman–Crippen MR) is 85.4 cm³/mol. The Morgan fingerprint density at radius 1 is 1.04 bits per heavy atom. The van der Waals surface area contributed by atoms with Gasteiger partial charge in [0, 0.05) is 0 Å². The molecule has 0 saturated heterocycles. The van der Waals surface area contributed by atoms with Crippen molar-refractivity contribution in [1.29, 1.82) is 0 Å². The molecule has 0 spiro atoms. The lowest BCUT2D eigenvalue weighted by atomic mass is 10.1. The maximum absolute atomic E-state index is 12.0. The van der Waals surface area contributed by atoms with E-state index in [1.165, 1.54) is 0 Å². The maximum atomic E-state index is 12.0. The Morgan fingerprint density at radius 2 is 1.65 bits per heavy atom. The van der Waals surface area contributed by atoms with Gasteiger partial charge in [0.15, 0.2) is 11.5 Å². The van der Waals surface area contributed by atoms with Gasteiger partial charge in [-0.3, -0.25) is 9.59 Å². The molecule has 0 aliphatic heterocycles. The molecule has 0 unspecified atom stereocenters. The minimum Gasteiger partial charge on any atom is -0.422 e. The second-order valence-electron chi connectivity index (χ2n) is 6.28. The Morgan fingerprint density at radius 3 is 2.22 bits per heavy atom. The van der Waals surface area contributed by atoms with Gasteiger partial charge in [0.25, 0.3) is 0 Å². The first-order chi connectivity index (χ1) is 11.2. The zero-order valence-electron chi connectivity index (χ0n) is 13.5. The summed E-state index contributed by atoms with van der Waals surface area (Å²) in [5.41, 5.74) is 1.05. The van der Waals surface area contributed by atoms with Crippen LogP contribution in [0.5, 0.6) is 11.5 Å². The smallest absolute Gasteiger partial charge is 0.314 e. The van der Waals surface area contributed by atoms with Gasteiger partial charge in [0.05, 0.1) is 11.8 Å². The van der Waals surface area contributed by atoms with Crippen LogP contribution >= 0.6 is 0 Å². The summed E-state index contributed by atoms with van der Waals surface area (Å²) in [6, 6.07) is 5.46. The number of likely N-dealkylation sites (N-methyl/N-ethyl adjacent to an activating group) is 1. The molecule has 0 aromatic heterocycles. The van der Waals surface area contributed by atoms with Gasteiger partial charge in [-0.2, -0.15) is 0 Å². The molecule has 3 rings (SSSR count). The Balaban J connectivity index is 1.72. The Hall–Kier alpha value is -1.88. The molecule has 2 aliphatic carbocycles. The molecule has 23 heavy (non-hydrogen) atoms. The van der Waals surface area contributed by atoms with Gasteiger partial charge >= 0.3 is 11.9 Å². The first-order valence-electron chi connectivity index (χ1n) is 8.44. The molecular weight excluding hydrogens is 294 g/mol. The molecule has 124 valence electrons. The Bertz CT molecular complexity index is 591.